The first kappa shape index (κ1) is 15.3. The van der Waals surface area contributed by atoms with Crippen molar-refractivity contribution in [2.75, 3.05) is 39.5 Å². The molecule has 1 aromatic carbocycles. The molecule has 7 nitrogen and oxygen atoms in total. The molecule has 1 saturated heterocycles. The molecule has 1 aromatic heterocycles. The molecule has 0 radical (unpaired) electrons. The molecule has 1 N–H and O–H groups in total. The van der Waals surface area contributed by atoms with Crippen LogP contribution < -0.4 is 4.74 Å². The van der Waals surface area contributed by atoms with E-state index in [4.69, 9.17) is 4.74 Å². The standard InChI is InChI=1S/C14H20N4O3S/c1-21-11-3-4-12-13(9-11)16-14(15-12)10-17-5-7-18(8-6-17)22(2,19)20/h3-4,9H,5-8,10H2,1-2H3,(H,15,16). The van der Waals surface area contributed by atoms with Crippen LogP contribution in [0.5, 0.6) is 5.75 Å². The number of sulfonamides is 1. The van der Waals surface area contributed by atoms with Crippen LogP contribution in [0, 0.1) is 0 Å². The first-order valence-electron chi connectivity index (χ1n) is 7.16. The molecule has 8 heteroatoms. The van der Waals surface area contributed by atoms with Gasteiger partial charge in [0.15, 0.2) is 0 Å². The second-order valence-corrected chi connectivity index (χ2v) is 7.49. The van der Waals surface area contributed by atoms with Gasteiger partial charge < -0.3 is 9.72 Å². The summed E-state index contributed by atoms with van der Waals surface area (Å²) < 4.78 is 29.7. The summed E-state index contributed by atoms with van der Waals surface area (Å²) >= 11 is 0. The molecule has 0 aliphatic carbocycles. The third-order valence-electron chi connectivity index (χ3n) is 3.91. The summed E-state index contributed by atoms with van der Waals surface area (Å²) in [6.45, 7) is 3.19. The Morgan fingerprint density at radius 1 is 1.27 bits per heavy atom. The fourth-order valence-corrected chi connectivity index (χ4v) is 3.50. The van der Waals surface area contributed by atoms with Crippen LogP contribution in [0.4, 0.5) is 0 Å². The lowest BCUT2D eigenvalue weighted by Crippen LogP contribution is -2.47. The zero-order valence-electron chi connectivity index (χ0n) is 12.7. The molecular formula is C14H20N4O3S. The van der Waals surface area contributed by atoms with Crippen molar-refractivity contribution < 1.29 is 13.2 Å². The highest BCUT2D eigenvalue weighted by Gasteiger charge is 2.23. The van der Waals surface area contributed by atoms with Gasteiger partial charge in [-0.2, -0.15) is 4.31 Å². The molecule has 0 atom stereocenters. The number of piperazine rings is 1. The summed E-state index contributed by atoms with van der Waals surface area (Å²) in [5, 5.41) is 0. The predicted molar refractivity (Wildman–Crippen MR) is 84.3 cm³/mol. The van der Waals surface area contributed by atoms with Gasteiger partial charge in [-0.05, 0) is 12.1 Å². The number of hydrogen-bond acceptors (Lipinski definition) is 5. The lowest BCUT2D eigenvalue weighted by atomic mass is 10.3. The summed E-state index contributed by atoms with van der Waals surface area (Å²) in [5.74, 6) is 1.68. The van der Waals surface area contributed by atoms with E-state index in [0.29, 0.717) is 32.7 Å². The number of nitrogens with zero attached hydrogens (tertiary/aromatic N) is 3. The second kappa shape index (κ2) is 5.86. The fraction of sp³-hybridized carbons (Fsp3) is 0.500. The lowest BCUT2D eigenvalue weighted by molar-refractivity contribution is 0.179. The van der Waals surface area contributed by atoms with Gasteiger partial charge in [0.2, 0.25) is 10.0 Å². The average Bonchev–Trinajstić information content (AvgIpc) is 2.88. The third kappa shape index (κ3) is 3.23. The van der Waals surface area contributed by atoms with Gasteiger partial charge in [0, 0.05) is 32.2 Å². The lowest BCUT2D eigenvalue weighted by Gasteiger charge is -2.32. The Morgan fingerprint density at radius 3 is 2.64 bits per heavy atom. The molecule has 0 unspecified atom stereocenters. The first-order valence-corrected chi connectivity index (χ1v) is 9.00. The van der Waals surface area contributed by atoms with Crippen molar-refractivity contribution in [3.63, 3.8) is 0 Å². The van der Waals surface area contributed by atoms with Crippen LogP contribution in [0.2, 0.25) is 0 Å². The molecule has 2 aromatic rings. The summed E-state index contributed by atoms with van der Waals surface area (Å²) in [4.78, 5) is 10.1. The molecule has 1 aliphatic rings. The van der Waals surface area contributed by atoms with Crippen LogP contribution >= 0.6 is 0 Å². The van der Waals surface area contributed by atoms with Crippen LogP contribution in [0.1, 0.15) is 5.82 Å². The van der Waals surface area contributed by atoms with E-state index in [2.05, 4.69) is 14.9 Å². The number of nitrogens with one attached hydrogen (secondary N) is 1. The summed E-state index contributed by atoms with van der Waals surface area (Å²) in [5.41, 5.74) is 1.86. The van der Waals surface area contributed by atoms with Crippen molar-refractivity contribution >= 4 is 21.1 Å². The highest BCUT2D eigenvalue weighted by molar-refractivity contribution is 7.88. The molecule has 0 saturated carbocycles. The minimum Gasteiger partial charge on any atom is -0.497 e. The second-order valence-electron chi connectivity index (χ2n) is 5.50. The first-order chi connectivity index (χ1) is 10.5. The zero-order valence-corrected chi connectivity index (χ0v) is 13.6. The quantitative estimate of drug-likeness (QED) is 0.893. The Labute approximate surface area is 129 Å². The normalized spacial score (nSPS) is 17.9. The highest BCUT2D eigenvalue weighted by atomic mass is 32.2. The Bertz CT molecular complexity index is 763. The van der Waals surface area contributed by atoms with Crippen LogP contribution in [0.3, 0.4) is 0 Å². The number of aromatic amines is 1. The topological polar surface area (TPSA) is 78.5 Å². The molecule has 22 heavy (non-hydrogen) atoms. The van der Waals surface area contributed by atoms with E-state index in [1.165, 1.54) is 10.6 Å². The fourth-order valence-electron chi connectivity index (χ4n) is 2.67. The number of H-pyrrole nitrogens is 1. The van der Waals surface area contributed by atoms with E-state index in [-0.39, 0.29) is 0 Å². The SMILES string of the molecule is COc1ccc2nc(CN3CCN(S(C)(=O)=O)CC3)[nH]c2c1. The van der Waals surface area contributed by atoms with E-state index >= 15 is 0 Å². The van der Waals surface area contributed by atoms with Gasteiger partial charge >= 0.3 is 0 Å². The van der Waals surface area contributed by atoms with Crippen molar-refractivity contribution in [1.82, 2.24) is 19.2 Å². The van der Waals surface area contributed by atoms with Crippen LogP contribution in [0.25, 0.3) is 11.0 Å². The molecule has 0 amide bonds. The maximum absolute atomic E-state index is 11.5. The number of ether oxygens (including phenoxy) is 1. The van der Waals surface area contributed by atoms with Gasteiger partial charge in [0.1, 0.15) is 11.6 Å². The number of methoxy groups -OCH3 is 1. The van der Waals surface area contributed by atoms with Crippen LogP contribution in [-0.4, -0.2) is 67.1 Å². The van der Waals surface area contributed by atoms with Gasteiger partial charge in [0.25, 0.3) is 0 Å². The number of benzene rings is 1. The van der Waals surface area contributed by atoms with Gasteiger partial charge in [-0.1, -0.05) is 0 Å². The Hall–Kier alpha value is -1.64. The summed E-state index contributed by atoms with van der Waals surface area (Å²) in [6.07, 6.45) is 1.26. The van der Waals surface area contributed by atoms with Crippen molar-refractivity contribution in [3.05, 3.63) is 24.0 Å². The minimum atomic E-state index is -3.08. The van der Waals surface area contributed by atoms with Crippen molar-refractivity contribution in [3.8, 4) is 5.75 Å². The zero-order chi connectivity index (χ0) is 15.7. The smallest absolute Gasteiger partial charge is 0.211 e. The molecule has 0 bridgehead atoms. The molecule has 0 spiro atoms. The molecular weight excluding hydrogens is 304 g/mol. The molecule has 120 valence electrons. The highest BCUT2D eigenvalue weighted by Crippen LogP contribution is 2.19. The van der Waals surface area contributed by atoms with Crippen molar-refractivity contribution in [2.45, 2.75) is 6.54 Å². The van der Waals surface area contributed by atoms with E-state index in [0.717, 1.165) is 22.6 Å². The van der Waals surface area contributed by atoms with Crippen LogP contribution in [0.15, 0.2) is 18.2 Å². The maximum atomic E-state index is 11.5. The van der Waals surface area contributed by atoms with Gasteiger partial charge in [-0.15, -0.1) is 0 Å². The molecule has 2 heterocycles. The minimum absolute atomic E-state index is 0.535. The average molecular weight is 324 g/mol. The van der Waals surface area contributed by atoms with Crippen LogP contribution in [-0.2, 0) is 16.6 Å². The number of aromatic nitrogens is 2. The Kier molecular flexibility index (Phi) is 4.07. The number of imidazole rings is 1. The van der Waals surface area contributed by atoms with Gasteiger partial charge in [-0.3, -0.25) is 4.90 Å². The van der Waals surface area contributed by atoms with Crippen molar-refractivity contribution in [1.29, 1.82) is 0 Å². The molecule has 3 rings (SSSR count). The van der Waals surface area contributed by atoms with E-state index in [1.54, 1.807) is 7.11 Å². The predicted octanol–water partition coefficient (Wildman–Crippen LogP) is 0.649. The maximum Gasteiger partial charge on any atom is 0.211 e. The number of fused-ring (bicyclic) bond motifs is 1. The van der Waals surface area contributed by atoms with E-state index in [9.17, 15) is 8.42 Å². The summed E-state index contributed by atoms with van der Waals surface area (Å²) in [6, 6.07) is 5.74. The number of rotatable bonds is 4. The Morgan fingerprint density at radius 2 is 2.00 bits per heavy atom. The van der Waals surface area contributed by atoms with Gasteiger partial charge in [0.05, 0.1) is 30.9 Å². The van der Waals surface area contributed by atoms with Gasteiger partial charge in [-0.25, -0.2) is 13.4 Å². The van der Waals surface area contributed by atoms with Crippen molar-refractivity contribution in [2.24, 2.45) is 0 Å². The Balaban J connectivity index is 1.67. The third-order valence-corrected chi connectivity index (χ3v) is 5.21. The van der Waals surface area contributed by atoms with E-state index in [1.807, 2.05) is 18.2 Å². The summed E-state index contributed by atoms with van der Waals surface area (Å²) in [7, 11) is -1.44. The molecule has 1 aliphatic heterocycles. The number of hydrogen-bond donors (Lipinski definition) is 1. The molecule has 1 fully saturated rings. The van der Waals surface area contributed by atoms with E-state index < -0.39 is 10.0 Å². The monoisotopic (exact) mass is 324 g/mol. The largest absolute Gasteiger partial charge is 0.497 e.